The number of hydrogen-bond acceptors (Lipinski definition) is 14. The van der Waals surface area contributed by atoms with E-state index in [1.54, 1.807) is 9.80 Å². The molecule has 4 N–H and O–H groups in total. The number of ether oxygens (including phenoxy) is 2. The molecule has 2 saturated heterocycles. The summed E-state index contributed by atoms with van der Waals surface area (Å²) in [4.78, 5) is 27.1. The largest absolute Gasteiger partial charge is 0.395 e. The van der Waals surface area contributed by atoms with E-state index in [0.717, 1.165) is 0 Å². The lowest BCUT2D eigenvalue weighted by molar-refractivity contribution is 0.122. The molecule has 0 aliphatic carbocycles. The quantitative estimate of drug-likeness (QED) is 0.241. The summed E-state index contributed by atoms with van der Waals surface area (Å²) in [5.74, 6) is 1.98. The van der Waals surface area contributed by atoms with Gasteiger partial charge in [0.25, 0.3) is 0 Å². The maximum absolute atomic E-state index is 9.61. The highest BCUT2D eigenvalue weighted by molar-refractivity contribution is 5.95. The van der Waals surface area contributed by atoms with E-state index in [0.29, 0.717) is 87.2 Å². The Bertz CT molecular complexity index is 884. The van der Waals surface area contributed by atoms with Crippen LogP contribution >= 0.6 is 0 Å². The third kappa shape index (κ3) is 6.02. The van der Waals surface area contributed by atoms with Crippen molar-refractivity contribution in [2.45, 2.75) is 0 Å². The number of morpholine rings is 2. The van der Waals surface area contributed by atoms with E-state index in [-0.39, 0.29) is 52.6 Å². The van der Waals surface area contributed by atoms with Crippen LogP contribution in [0.4, 0.5) is 23.5 Å². The smallest absolute Gasteiger partial charge is 0.228 e. The Kier molecular flexibility index (Phi) is 9.60. The first-order chi connectivity index (χ1) is 17.7. The summed E-state index contributed by atoms with van der Waals surface area (Å²) in [5, 5.41) is 38.5. The molecular weight excluding hydrogens is 472 g/mol. The van der Waals surface area contributed by atoms with Gasteiger partial charge in [-0.15, -0.1) is 0 Å². The molecule has 0 radical (unpaired) electrons. The van der Waals surface area contributed by atoms with Gasteiger partial charge in [0, 0.05) is 52.4 Å². The summed E-state index contributed by atoms with van der Waals surface area (Å²) in [5.41, 5.74) is 1.11. The molecule has 2 aromatic heterocycles. The highest BCUT2D eigenvalue weighted by atomic mass is 16.5. The molecule has 0 unspecified atom stereocenters. The van der Waals surface area contributed by atoms with Crippen molar-refractivity contribution in [3.63, 3.8) is 0 Å². The topological polar surface area (TPSA) is 164 Å². The molecule has 4 rings (SSSR count). The molecule has 2 aromatic rings. The molecule has 2 fully saturated rings. The molecule has 0 bridgehead atoms. The molecular formula is C22H36N8O6. The summed E-state index contributed by atoms with van der Waals surface area (Å²) < 4.78 is 11.1. The first-order valence-corrected chi connectivity index (χ1v) is 12.4. The van der Waals surface area contributed by atoms with E-state index >= 15 is 0 Å². The van der Waals surface area contributed by atoms with Crippen LogP contribution in [0.25, 0.3) is 11.0 Å². The Labute approximate surface area is 209 Å². The third-order valence-corrected chi connectivity index (χ3v) is 6.15. The van der Waals surface area contributed by atoms with Gasteiger partial charge in [-0.1, -0.05) is 0 Å². The molecule has 14 heteroatoms. The third-order valence-electron chi connectivity index (χ3n) is 6.15. The van der Waals surface area contributed by atoms with Crippen LogP contribution in [-0.2, 0) is 9.47 Å². The van der Waals surface area contributed by atoms with Crippen molar-refractivity contribution in [1.82, 2.24) is 19.9 Å². The standard InChI is InChI=1S/C22H36N8O6/c31-9-1-29(2-10-32)21-23-17-18(19(25-21)27-5-13-35-14-6-27)24-22(30(3-11-33)4-12-34)26-20(17)28-7-15-36-16-8-28/h31-34H,1-16H2. The van der Waals surface area contributed by atoms with Crippen LogP contribution in [0.1, 0.15) is 0 Å². The zero-order valence-electron chi connectivity index (χ0n) is 20.5. The van der Waals surface area contributed by atoms with Gasteiger partial charge >= 0.3 is 0 Å². The van der Waals surface area contributed by atoms with Crippen molar-refractivity contribution in [3.8, 4) is 0 Å². The van der Waals surface area contributed by atoms with Gasteiger partial charge in [-0.2, -0.15) is 9.97 Å². The normalized spacial score (nSPS) is 16.6. The van der Waals surface area contributed by atoms with Crippen LogP contribution in [0.5, 0.6) is 0 Å². The van der Waals surface area contributed by atoms with Crippen molar-refractivity contribution in [1.29, 1.82) is 0 Å². The van der Waals surface area contributed by atoms with E-state index in [4.69, 9.17) is 29.4 Å². The number of hydrogen-bond donors (Lipinski definition) is 4. The summed E-state index contributed by atoms with van der Waals surface area (Å²) >= 11 is 0. The maximum Gasteiger partial charge on any atom is 0.228 e. The second-order valence-electron chi connectivity index (χ2n) is 8.46. The van der Waals surface area contributed by atoms with Crippen molar-refractivity contribution >= 4 is 34.6 Å². The fourth-order valence-electron chi connectivity index (χ4n) is 4.34. The van der Waals surface area contributed by atoms with E-state index in [2.05, 4.69) is 9.80 Å². The predicted octanol–water partition coefficient (Wildman–Crippen LogP) is -2.32. The number of rotatable bonds is 12. The van der Waals surface area contributed by atoms with E-state index in [1.165, 1.54) is 0 Å². The molecule has 14 nitrogen and oxygen atoms in total. The molecule has 0 aromatic carbocycles. The summed E-state index contributed by atoms with van der Waals surface area (Å²) in [7, 11) is 0. The fraction of sp³-hybridized carbons (Fsp3) is 0.727. The predicted molar refractivity (Wildman–Crippen MR) is 134 cm³/mol. The van der Waals surface area contributed by atoms with Crippen LogP contribution in [-0.4, -0.2) is 146 Å². The molecule has 0 saturated carbocycles. The Morgan fingerprint density at radius 2 is 0.889 bits per heavy atom. The van der Waals surface area contributed by atoms with Crippen LogP contribution in [0, 0.1) is 0 Å². The van der Waals surface area contributed by atoms with Gasteiger partial charge in [0.05, 0.1) is 52.9 Å². The maximum atomic E-state index is 9.61. The number of fused-ring (bicyclic) bond motifs is 1. The number of aromatic nitrogens is 4. The summed E-state index contributed by atoms with van der Waals surface area (Å²) in [6.07, 6.45) is 0. The number of aliphatic hydroxyl groups is 4. The lowest BCUT2D eigenvalue weighted by Gasteiger charge is -2.32. The first kappa shape index (κ1) is 26.4. The van der Waals surface area contributed by atoms with Crippen LogP contribution in [0.2, 0.25) is 0 Å². The molecule has 0 amide bonds. The Morgan fingerprint density at radius 3 is 1.19 bits per heavy atom. The second kappa shape index (κ2) is 13.1. The highest BCUT2D eigenvalue weighted by Gasteiger charge is 2.27. The zero-order chi connectivity index (χ0) is 25.3. The highest BCUT2D eigenvalue weighted by Crippen LogP contribution is 2.33. The molecule has 4 heterocycles. The SMILES string of the molecule is OCCN(CCO)c1nc(N2CCOCC2)c2nc(N(CCO)CCO)nc(N3CCOCC3)c2n1. The molecule has 0 atom stereocenters. The van der Waals surface area contributed by atoms with Gasteiger partial charge in [0.1, 0.15) is 11.0 Å². The number of anilines is 4. The Hall–Kier alpha value is -2.62. The average molecular weight is 509 g/mol. The second-order valence-corrected chi connectivity index (χ2v) is 8.46. The molecule has 36 heavy (non-hydrogen) atoms. The molecule has 0 spiro atoms. The van der Waals surface area contributed by atoms with Gasteiger partial charge in [-0.05, 0) is 0 Å². The molecule has 200 valence electrons. The minimum absolute atomic E-state index is 0.114. The van der Waals surface area contributed by atoms with Crippen molar-refractivity contribution in [2.24, 2.45) is 0 Å². The number of nitrogens with zero attached hydrogens (tertiary/aromatic N) is 8. The van der Waals surface area contributed by atoms with E-state index in [1.807, 2.05) is 0 Å². The van der Waals surface area contributed by atoms with Crippen LogP contribution in [0.15, 0.2) is 0 Å². The van der Waals surface area contributed by atoms with Gasteiger partial charge < -0.3 is 49.5 Å². The summed E-state index contributed by atoms with van der Waals surface area (Å²) in [6, 6.07) is 0. The van der Waals surface area contributed by atoms with Crippen LogP contribution < -0.4 is 19.6 Å². The Balaban J connectivity index is 1.94. The van der Waals surface area contributed by atoms with Gasteiger partial charge in [-0.3, -0.25) is 0 Å². The lowest BCUT2D eigenvalue weighted by atomic mass is 10.3. The molecule has 2 aliphatic heterocycles. The van der Waals surface area contributed by atoms with Gasteiger partial charge in [0.2, 0.25) is 11.9 Å². The minimum Gasteiger partial charge on any atom is -0.395 e. The van der Waals surface area contributed by atoms with Gasteiger partial charge in [-0.25, -0.2) is 9.97 Å². The van der Waals surface area contributed by atoms with Crippen molar-refractivity contribution in [2.75, 3.05) is 125 Å². The summed E-state index contributed by atoms with van der Waals surface area (Å²) in [6.45, 7) is 5.28. The average Bonchev–Trinajstić information content (AvgIpc) is 2.92. The minimum atomic E-state index is -0.114. The molecule has 2 aliphatic rings. The first-order valence-electron chi connectivity index (χ1n) is 12.4. The monoisotopic (exact) mass is 508 g/mol. The van der Waals surface area contributed by atoms with E-state index in [9.17, 15) is 20.4 Å². The fourth-order valence-corrected chi connectivity index (χ4v) is 4.34. The zero-order valence-corrected chi connectivity index (χ0v) is 20.5. The number of aliphatic hydroxyl groups excluding tert-OH is 4. The lowest BCUT2D eigenvalue weighted by Crippen LogP contribution is -2.39. The van der Waals surface area contributed by atoms with Gasteiger partial charge in [0.15, 0.2) is 11.6 Å². The van der Waals surface area contributed by atoms with Crippen molar-refractivity contribution < 1.29 is 29.9 Å². The van der Waals surface area contributed by atoms with E-state index < -0.39 is 0 Å². The Morgan fingerprint density at radius 1 is 0.556 bits per heavy atom. The van der Waals surface area contributed by atoms with Crippen molar-refractivity contribution in [3.05, 3.63) is 0 Å². The van der Waals surface area contributed by atoms with Crippen LogP contribution in [0.3, 0.4) is 0 Å².